The maximum atomic E-state index is 5.41. The highest BCUT2D eigenvalue weighted by atomic mass is 32.2. The fraction of sp³-hybridized carbons (Fsp3) is 0.600. The standard InChI is InChI=1S/C10H17N5OS/c1-7-5-15(3-4-17-7)10-8(16-2)9(14-11)12-6-13-10/h6-7H,3-5,11H2,1-2H3,(H,12,13,14). The molecule has 0 bridgehead atoms. The number of hydrazine groups is 1. The van der Waals surface area contributed by atoms with Crippen LogP contribution in [0.25, 0.3) is 0 Å². The Bertz CT molecular complexity index is 389. The quantitative estimate of drug-likeness (QED) is 0.608. The molecule has 0 radical (unpaired) electrons. The molecule has 7 heteroatoms. The van der Waals surface area contributed by atoms with Gasteiger partial charge in [-0.3, -0.25) is 0 Å². The molecule has 1 fully saturated rings. The van der Waals surface area contributed by atoms with Gasteiger partial charge in [-0.05, 0) is 0 Å². The van der Waals surface area contributed by atoms with Crippen LogP contribution in [0.1, 0.15) is 6.92 Å². The second kappa shape index (κ2) is 5.42. The normalized spacial score (nSPS) is 20.2. The van der Waals surface area contributed by atoms with Crippen molar-refractivity contribution in [3.8, 4) is 5.75 Å². The fourth-order valence-electron chi connectivity index (χ4n) is 1.89. The molecule has 0 aliphatic carbocycles. The van der Waals surface area contributed by atoms with E-state index in [9.17, 15) is 0 Å². The third-order valence-corrected chi connectivity index (χ3v) is 3.80. The van der Waals surface area contributed by atoms with Crippen molar-refractivity contribution in [1.82, 2.24) is 9.97 Å². The number of nitrogens with zero attached hydrogens (tertiary/aromatic N) is 3. The molecular weight excluding hydrogens is 238 g/mol. The molecule has 0 saturated carbocycles. The number of hydrogen-bond donors (Lipinski definition) is 2. The van der Waals surface area contributed by atoms with Crippen LogP contribution in [-0.2, 0) is 0 Å². The van der Waals surface area contributed by atoms with Crippen molar-refractivity contribution in [3.63, 3.8) is 0 Å². The van der Waals surface area contributed by atoms with Gasteiger partial charge < -0.3 is 15.1 Å². The lowest BCUT2D eigenvalue weighted by Crippen LogP contribution is -2.37. The monoisotopic (exact) mass is 255 g/mol. The first-order valence-electron chi connectivity index (χ1n) is 5.48. The van der Waals surface area contributed by atoms with Gasteiger partial charge in [0.1, 0.15) is 6.33 Å². The third-order valence-electron chi connectivity index (χ3n) is 2.67. The highest BCUT2D eigenvalue weighted by Crippen LogP contribution is 2.33. The Kier molecular flexibility index (Phi) is 3.90. The fourth-order valence-corrected chi connectivity index (χ4v) is 2.90. The number of nitrogens with two attached hydrogens (primary N) is 1. The van der Waals surface area contributed by atoms with Crippen LogP contribution in [0.3, 0.4) is 0 Å². The number of methoxy groups -OCH3 is 1. The Hall–Kier alpha value is -1.21. The molecule has 1 aliphatic heterocycles. The van der Waals surface area contributed by atoms with Crippen LogP contribution in [0.2, 0.25) is 0 Å². The van der Waals surface area contributed by atoms with E-state index in [1.807, 2.05) is 11.8 Å². The summed E-state index contributed by atoms with van der Waals surface area (Å²) in [6.07, 6.45) is 1.50. The van der Waals surface area contributed by atoms with Crippen molar-refractivity contribution in [1.29, 1.82) is 0 Å². The summed E-state index contributed by atoms with van der Waals surface area (Å²) in [5.41, 5.74) is 2.53. The molecule has 1 atom stereocenters. The lowest BCUT2D eigenvalue weighted by molar-refractivity contribution is 0.412. The molecule has 1 aromatic rings. The molecule has 1 saturated heterocycles. The second-order valence-electron chi connectivity index (χ2n) is 3.85. The lowest BCUT2D eigenvalue weighted by atomic mass is 10.3. The summed E-state index contributed by atoms with van der Waals surface area (Å²) < 4.78 is 5.34. The second-order valence-corrected chi connectivity index (χ2v) is 5.40. The van der Waals surface area contributed by atoms with E-state index in [-0.39, 0.29) is 0 Å². The van der Waals surface area contributed by atoms with E-state index < -0.39 is 0 Å². The van der Waals surface area contributed by atoms with Crippen LogP contribution in [0.15, 0.2) is 6.33 Å². The van der Waals surface area contributed by atoms with E-state index in [0.29, 0.717) is 16.8 Å². The number of anilines is 2. The van der Waals surface area contributed by atoms with Crippen molar-refractivity contribution in [2.24, 2.45) is 5.84 Å². The van der Waals surface area contributed by atoms with Crippen LogP contribution < -0.4 is 20.9 Å². The van der Waals surface area contributed by atoms with Crippen LogP contribution in [0, 0.1) is 0 Å². The number of nitrogens with one attached hydrogen (secondary N) is 1. The molecule has 0 aromatic carbocycles. The molecule has 2 heterocycles. The Labute approximate surface area is 105 Å². The molecule has 1 aromatic heterocycles. The van der Waals surface area contributed by atoms with Gasteiger partial charge in [0.2, 0.25) is 5.75 Å². The zero-order chi connectivity index (χ0) is 12.3. The van der Waals surface area contributed by atoms with E-state index in [2.05, 4.69) is 27.2 Å². The SMILES string of the molecule is COc1c(NN)ncnc1N1CCSC(C)C1. The molecule has 0 amide bonds. The highest BCUT2D eigenvalue weighted by molar-refractivity contribution is 8.00. The van der Waals surface area contributed by atoms with Crippen molar-refractivity contribution in [2.45, 2.75) is 12.2 Å². The van der Waals surface area contributed by atoms with Gasteiger partial charge in [-0.2, -0.15) is 11.8 Å². The Balaban J connectivity index is 2.30. The molecule has 6 nitrogen and oxygen atoms in total. The predicted molar refractivity (Wildman–Crippen MR) is 70.5 cm³/mol. The van der Waals surface area contributed by atoms with Gasteiger partial charge in [-0.15, -0.1) is 0 Å². The highest BCUT2D eigenvalue weighted by Gasteiger charge is 2.22. The minimum Gasteiger partial charge on any atom is -0.490 e. The van der Waals surface area contributed by atoms with Gasteiger partial charge in [0, 0.05) is 24.1 Å². The first kappa shape index (κ1) is 12.3. The van der Waals surface area contributed by atoms with Crippen molar-refractivity contribution < 1.29 is 4.74 Å². The van der Waals surface area contributed by atoms with Crippen molar-refractivity contribution >= 4 is 23.4 Å². The summed E-state index contributed by atoms with van der Waals surface area (Å²) in [5, 5.41) is 0.595. The van der Waals surface area contributed by atoms with Gasteiger partial charge >= 0.3 is 0 Å². The van der Waals surface area contributed by atoms with Crippen molar-refractivity contribution in [3.05, 3.63) is 6.33 Å². The number of hydrogen-bond acceptors (Lipinski definition) is 7. The smallest absolute Gasteiger partial charge is 0.205 e. The Morgan fingerprint density at radius 2 is 2.41 bits per heavy atom. The average Bonchev–Trinajstić information content (AvgIpc) is 2.37. The van der Waals surface area contributed by atoms with Gasteiger partial charge in [0.15, 0.2) is 11.6 Å². The van der Waals surface area contributed by atoms with Crippen LogP contribution in [0.5, 0.6) is 5.75 Å². The maximum absolute atomic E-state index is 5.41. The molecule has 17 heavy (non-hydrogen) atoms. The molecule has 0 spiro atoms. The van der Waals surface area contributed by atoms with Crippen molar-refractivity contribution in [2.75, 3.05) is 36.3 Å². The first-order valence-corrected chi connectivity index (χ1v) is 6.53. The van der Waals surface area contributed by atoms with Gasteiger partial charge in [-0.1, -0.05) is 6.92 Å². The molecular formula is C10H17N5OS. The van der Waals surface area contributed by atoms with E-state index >= 15 is 0 Å². The largest absolute Gasteiger partial charge is 0.490 e. The molecule has 2 rings (SSSR count). The summed E-state index contributed by atoms with van der Waals surface area (Å²) in [4.78, 5) is 10.6. The van der Waals surface area contributed by atoms with Gasteiger partial charge in [0.25, 0.3) is 0 Å². The third kappa shape index (κ3) is 2.55. The zero-order valence-corrected chi connectivity index (χ0v) is 10.8. The summed E-state index contributed by atoms with van der Waals surface area (Å²) in [5.74, 6) is 8.44. The Morgan fingerprint density at radius 3 is 3.06 bits per heavy atom. The number of aromatic nitrogens is 2. The molecule has 1 aliphatic rings. The zero-order valence-electron chi connectivity index (χ0n) is 10.0. The molecule has 3 N–H and O–H groups in total. The summed E-state index contributed by atoms with van der Waals surface area (Å²) in [6.45, 7) is 4.14. The Morgan fingerprint density at radius 1 is 1.59 bits per heavy atom. The van der Waals surface area contributed by atoms with Crippen LogP contribution in [-0.4, -0.2) is 41.2 Å². The van der Waals surface area contributed by atoms with E-state index in [1.54, 1.807) is 7.11 Å². The molecule has 94 valence electrons. The minimum atomic E-state index is 0.517. The van der Waals surface area contributed by atoms with E-state index in [0.717, 1.165) is 24.7 Å². The lowest BCUT2D eigenvalue weighted by Gasteiger charge is -2.32. The van der Waals surface area contributed by atoms with Crippen LogP contribution >= 0.6 is 11.8 Å². The summed E-state index contributed by atoms with van der Waals surface area (Å²) in [6, 6.07) is 0. The first-order chi connectivity index (χ1) is 8.26. The van der Waals surface area contributed by atoms with Gasteiger partial charge in [-0.25, -0.2) is 15.8 Å². The number of rotatable bonds is 3. The summed E-state index contributed by atoms with van der Waals surface area (Å²) >= 11 is 1.97. The molecule has 1 unspecified atom stereocenters. The van der Waals surface area contributed by atoms with Gasteiger partial charge in [0.05, 0.1) is 7.11 Å². The topological polar surface area (TPSA) is 76.3 Å². The van der Waals surface area contributed by atoms with Crippen LogP contribution in [0.4, 0.5) is 11.6 Å². The maximum Gasteiger partial charge on any atom is 0.205 e. The van der Waals surface area contributed by atoms with E-state index in [4.69, 9.17) is 10.6 Å². The summed E-state index contributed by atoms with van der Waals surface area (Å²) in [7, 11) is 1.60. The van der Waals surface area contributed by atoms with E-state index in [1.165, 1.54) is 6.33 Å². The predicted octanol–water partition coefficient (Wildman–Crippen LogP) is 0.712. The average molecular weight is 255 g/mol. The number of ether oxygens (including phenoxy) is 1. The minimum absolute atomic E-state index is 0.517. The number of nitrogen functional groups attached to an aromatic ring is 1. The number of thioether (sulfide) groups is 1.